The fourth-order valence-corrected chi connectivity index (χ4v) is 8.98. The molecular formula is C14H20S2Se. The van der Waals surface area contributed by atoms with Crippen LogP contribution in [-0.4, -0.2) is 20.7 Å². The summed E-state index contributed by atoms with van der Waals surface area (Å²) in [7, 11) is 4.07. The minimum atomic E-state index is 0.645. The van der Waals surface area contributed by atoms with Gasteiger partial charge >= 0.3 is 120 Å². The van der Waals surface area contributed by atoms with Gasteiger partial charge in [-0.15, -0.1) is 0 Å². The number of hydrogen-bond donors (Lipinski definition) is 0. The third-order valence-corrected chi connectivity index (χ3v) is 8.68. The van der Waals surface area contributed by atoms with Crippen LogP contribution >= 0.6 is 21.6 Å². The third-order valence-electron chi connectivity index (χ3n) is 2.97. The molecule has 0 spiro atoms. The van der Waals surface area contributed by atoms with Crippen molar-refractivity contribution in [3.05, 3.63) is 23.3 Å². The van der Waals surface area contributed by atoms with Crippen LogP contribution < -0.4 is 4.46 Å². The Kier molecular flexibility index (Phi) is 4.94. The summed E-state index contributed by atoms with van der Waals surface area (Å²) in [6, 6.07) is 4.75. The molecule has 0 unspecified atom stereocenters. The van der Waals surface area contributed by atoms with E-state index >= 15 is 0 Å². The van der Waals surface area contributed by atoms with E-state index in [9.17, 15) is 0 Å². The first-order valence-corrected chi connectivity index (χ1v) is 10.6. The first-order valence-electron chi connectivity index (χ1n) is 6.20. The van der Waals surface area contributed by atoms with Crippen LogP contribution in [-0.2, 0) is 0 Å². The number of rotatable bonds is 2. The molecule has 1 aliphatic heterocycles. The van der Waals surface area contributed by atoms with E-state index in [-0.39, 0.29) is 0 Å². The maximum absolute atomic E-state index is 2.39. The molecule has 1 aromatic carbocycles. The Morgan fingerprint density at radius 1 is 1.06 bits per heavy atom. The van der Waals surface area contributed by atoms with Gasteiger partial charge in [0.25, 0.3) is 0 Å². The molecule has 0 aliphatic carbocycles. The molecule has 1 heterocycles. The van der Waals surface area contributed by atoms with Gasteiger partial charge in [0.05, 0.1) is 0 Å². The second kappa shape index (κ2) is 6.06. The zero-order valence-corrected chi connectivity index (χ0v) is 14.3. The Bertz CT molecular complexity index is 362. The van der Waals surface area contributed by atoms with Crippen molar-refractivity contribution in [2.75, 3.05) is 5.75 Å². The second-order valence-corrected chi connectivity index (χ2v) is 9.71. The van der Waals surface area contributed by atoms with Gasteiger partial charge in [-0.1, -0.05) is 0 Å². The molecule has 0 amide bonds. The Morgan fingerprint density at radius 3 is 2.35 bits per heavy atom. The summed E-state index contributed by atoms with van der Waals surface area (Å²) in [5.74, 6) is 2.62. The monoisotopic (exact) mass is 332 g/mol. The molecule has 1 aromatic rings. The SMILES string of the molecule is CC(C)c1ccc(C(C)C)c2c1SSCC[Se]2. The maximum atomic E-state index is 2.39. The molecule has 0 N–H and O–H groups in total. The molecule has 0 fully saturated rings. The van der Waals surface area contributed by atoms with Gasteiger partial charge in [0, 0.05) is 0 Å². The summed E-state index contributed by atoms with van der Waals surface area (Å²) in [5.41, 5.74) is 3.16. The summed E-state index contributed by atoms with van der Waals surface area (Å²) in [6.45, 7) is 9.27. The minimum absolute atomic E-state index is 0.645. The number of benzene rings is 1. The summed E-state index contributed by atoms with van der Waals surface area (Å²) in [4.78, 5) is 1.61. The van der Waals surface area contributed by atoms with Crippen LogP contribution in [0.4, 0.5) is 0 Å². The average Bonchev–Trinajstić information content (AvgIpc) is 2.52. The predicted molar refractivity (Wildman–Crippen MR) is 83.1 cm³/mol. The number of hydrogen-bond acceptors (Lipinski definition) is 2. The van der Waals surface area contributed by atoms with Crippen molar-refractivity contribution in [1.82, 2.24) is 0 Å². The van der Waals surface area contributed by atoms with Crippen LogP contribution in [0.2, 0.25) is 5.32 Å². The van der Waals surface area contributed by atoms with E-state index in [2.05, 4.69) is 39.8 Å². The average molecular weight is 331 g/mol. The molecular weight excluding hydrogens is 311 g/mol. The topological polar surface area (TPSA) is 0 Å². The van der Waals surface area contributed by atoms with Crippen LogP contribution in [0.15, 0.2) is 17.0 Å². The summed E-state index contributed by atoms with van der Waals surface area (Å²) >= 11 is 0.677. The fraction of sp³-hybridized carbons (Fsp3) is 0.571. The van der Waals surface area contributed by atoms with Crippen LogP contribution in [0, 0.1) is 0 Å². The molecule has 3 heteroatoms. The van der Waals surface area contributed by atoms with Gasteiger partial charge in [0.15, 0.2) is 0 Å². The van der Waals surface area contributed by atoms with Crippen LogP contribution in [0.1, 0.15) is 50.7 Å². The molecule has 1 aliphatic rings. The van der Waals surface area contributed by atoms with E-state index in [0.717, 1.165) is 0 Å². The van der Waals surface area contributed by atoms with Gasteiger partial charge in [0.2, 0.25) is 0 Å². The first-order chi connectivity index (χ1) is 8.11. The Hall–Kier alpha value is 0.439. The Morgan fingerprint density at radius 2 is 1.71 bits per heavy atom. The van der Waals surface area contributed by atoms with Crippen LogP contribution in [0.3, 0.4) is 0 Å². The molecule has 0 atom stereocenters. The number of fused-ring (bicyclic) bond motifs is 1. The summed E-state index contributed by atoms with van der Waals surface area (Å²) in [5, 5.41) is 1.39. The molecule has 0 saturated carbocycles. The normalized spacial score (nSPS) is 16.1. The molecule has 0 aromatic heterocycles. The van der Waals surface area contributed by atoms with Gasteiger partial charge in [0.1, 0.15) is 0 Å². The van der Waals surface area contributed by atoms with Gasteiger partial charge < -0.3 is 0 Å². The zero-order valence-electron chi connectivity index (χ0n) is 10.9. The fourth-order valence-electron chi connectivity index (χ4n) is 2.02. The Labute approximate surface area is 119 Å². The molecule has 0 nitrogen and oxygen atoms in total. The van der Waals surface area contributed by atoms with Gasteiger partial charge in [-0.05, 0) is 0 Å². The summed E-state index contributed by atoms with van der Waals surface area (Å²) < 4.78 is 1.70. The first kappa shape index (κ1) is 13.9. The van der Waals surface area contributed by atoms with Crippen molar-refractivity contribution in [2.45, 2.75) is 49.7 Å². The molecule has 2 rings (SSSR count). The van der Waals surface area contributed by atoms with Gasteiger partial charge in [-0.3, -0.25) is 0 Å². The summed E-state index contributed by atoms with van der Waals surface area (Å²) in [6.07, 6.45) is 0. The molecule has 0 bridgehead atoms. The molecule has 94 valence electrons. The van der Waals surface area contributed by atoms with Crippen LogP contribution in [0.5, 0.6) is 0 Å². The van der Waals surface area contributed by atoms with E-state index in [1.807, 2.05) is 21.6 Å². The van der Waals surface area contributed by atoms with Gasteiger partial charge in [-0.25, -0.2) is 0 Å². The van der Waals surface area contributed by atoms with Crippen molar-refractivity contribution in [2.24, 2.45) is 0 Å². The van der Waals surface area contributed by atoms with Crippen molar-refractivity contribution >= 4 is 41.0 Å². The molecule has 17 heavy (non-hydrogen) atoms. The van der Waals surface area contributed by atoms with Gasteiger partial charge in [-0.2, -0.15) is 0 Å². The Balaban J connectivity index is 2.54. The van der Waals surface area contributed by atoms with E-state index in [4.69, 9.17) is 0 Å². The zero-order chi connectivity index (χ0) is 12.4. The van der Waals surface area contributed by atoms with Crippen molar-refractivity contribution in [3.8, 4) is 0 Å². The van der Waals surface area contributed by atoms with Crippen molar-refractivity contribution < 1.29 is 0 Å². The quantitative estimate of drug-likeness (QED) is 0.581. The third kappa shape index (κ3) is 3.07. The molecule has 0 radical (unpaired) electrons. The predicted octanol–water partition coefficient (Wildman–Crippen LogP) is 4.44. The second-order valence-electron chi connectivity index (χ2n) is 4.97. The van der Waals surface area contributed by atoms with E-state index < -0.39 is 0 Å². The molecule has 0 saturated heterocycles. The van der Waals surface area contributed by atoms with Crippen molar-refractivity contribution in [1.29, 1.82) is 0 Å². The van der Waals surface area contributed by atoms with Crippen LogP contribution in [0.25, 0.3) is 0 Å². The van der Waals surface area contributed by atoms with E-state index in [0.29, 0.717) is 26.8 Å². The van der Waals surface area contributed by atoms with Crippen molar-refractivity contribution in [3.63, 3.8) is 0 Å². The van der Waals surface area contributed by atoms with E-state index in [1.165, 1.54) is 11.1 Å². The van der Waals surface area contributed by atoms with E-state index in [1.54, 1.807) is 20.5 Å². The standard InChI is InChI=1S/C14H20S2Se/c1-9(2)11-5-6-12(10(3)4)14-13(11)16-15-7-8-17-14/h5-6,9-10H,7-8H2,1-4H3.